The van der Waals surface area contributed by atoms with Crippen molar-refractivity contribution in [2.45, 2.75) is 6.92 Å². The molecule has 0 bridgehead atoms. The van der Waals surface area contributed by atoms with Crippen LogP contribution in [0.1, 0.15) is 11.1 Å². The summed E-state index contributed by atoms with van der Waals surface area (Å²) in [5, 5.41) is 2.76. The number of nitrogens with zero attached hydrogens (tertiary/aromatic N) is 1. The van der Waals surface area contributed by atoms with Crippen molar-refractivity contribution < 1.29 is 9.18 Å². The average Bonchev–Trinajstić information content (AvgIpc) is 2.69. The number of amides is 1. The second kappa shape index (κ2) is 4.31. The number of fused-ring (bicyclic) bond motifs is 1. The highest BCUT2D eigenvalue weighted by molar-refractivity contribution is 6.54. The number of aliphatic imine (C=N–C) groups is 1. The van der Waals surface area contributed by atoms with Gasteiger partial charge in [0.05, 0.1) is 11.4 Å². The molecule has 1 amide bonds. The number of halogens is 1. The van der Waals surface area contributed by atoms with Crippen LogP contribution in [0.25, 0.3) is 0 Å². The van der Waals surface area contributed by atoms with E-state index in [2.05, 4.69) is 10.3 Å². The number of carbonyl (C=O) groups excluding carboxylic acids is 1. The third-order valence-corrected chi connectivity index (χ3v) is 2.96. The van der Waals surface area contributed by atoms with E-state index in [0.717, 1.165) is 16.8 Å². The fraction of sp³-hybridized carbons (Fsp3) is 0.0667. The van der Waals surface area contributed by atoms with Gasteiger partial charge in [0.25, 0.3) is 5.91 Å². The third-order valence-electron chi connectivity index (χ3n) is 2.96. The number of nitrogens with one attached hydrogen (secondary N) is 1. The number of hydrogen-bond acceptors (Lipinski definition) is 2. The van der Waals surface area contributed by atoms with Crippen molar-refractivity contribution in [1.82, 2.24) is 0 Å². The number of rotatable bonds is 1. The minimum absolute atomic E-state index is 0.232. The quantitative estimate of drug-likeness (QED) is 0.834. The van der Waals surface area contributed by atoms with E-state index in [1.54, 1.807) is 12.1 Å². The molecule has 0 aromatic heterocycles. The predicted molar refractivity (Wildman–Crippen MR) is 72.4 cm³/mol. The van der Waals surface area contributed by atoms with Gasteiger partial charge < -0.3 is 5.32 Å². The summed E-state index contributed by atoms with van der Waals surface area (Å²) < 4.78 is 12.8. The van der Waals surface area contributed by atoms with Crippen LogP contribution in [0.2, 0.25) is 0 Å². The van der Waals surface area contributed by atoms with Gasteiger partial charge in [0, 0.05) is 5.56 Å². The summed E-state index contributed by atoms with van der Waals surface area (Å²) in [5.74, 6) is -0.555. The first-order valence-electron chi connectivity index (χ1n) is 5.90. The molecule has 2 aromatic rings. The Kier molecular flexibility index (Phi) is 2.63. The molecular weight excluding hydrogens is 243 g/mol. The molecule has 3 rings (SSSR count). The van der Waals surface area contributed by atoms with Gasteiger partial charge in [0.1, 0.15) is 11.5 Å². The van der Waals surface area contributed by atoms with Crippen LogP contribution in [-0.4, -0.2) is 11.6 Å². The summed E-state index contributed by atoms with van der Waals surface area (Å²) in [7, 11) is 0. The Morgan fingerprint density at radius 1 is 1.11 bits per heavy atom. The lowest BCUT2D eigenvalue weighted by atomic mass is 10.1. The molecule has 0 spiro atoms. The summed E-state index contributed by atoms with van der Waals surface area (Å²) >= 11 is 0. The lowest BCUT2D eigenvalue weighted by Gasteiger charge is -1.99. The summed E-state index contributed by atoms with van der Waals surface area (Å²) in [6.45, 7) is 1.96. The highest BCUT2D eigenvalue weighted by atomic mass is 19.1. The van der Waals surface area contributed by atoms with Gasteiger partial charge in [-0.3, -0.25) is 4.79 Å². The molecular formula is C15H11FN2O. The topological polar surface area (TPSA) is 41.5 Å². The molecule has 4 heteroatoms. The SMILES string of the molecule is Cc1ccc2c(c1)C(=Nc1ccc(F)cc1)C(=O)N2. The molecule has 0 saturated heterocycles. The first-order valence-corrected chi connectivity index (χ1v) is 5.90. The smallest absolute Gasteiger partial charge is 0.275 e. The van der Waals surface area contributed by atoms with Crippen molar-refractivity contribution in [3.63, 3.8) is 0 Å². The zero-order valence-corrected chi connectivity index (χ0v) is 10.3. The van der Waals surface area contributed by atoms with Crippen LogP contribution in [0.4, 0.5) is 15.8 Å². The van der Waals surface area contributed by atoms with Crippen LogP contribution in [0.15, 0.2) is 47.5 Å². The molecule has 1 N–H and O–H groups in total. The summed E-state index contributed by atoms with van der Waals surface area (Å²) in [6, 6.07) is 11.4. The van der Waals surface area contributed by atoms with Crippen molar-refractivity contribution >= 4 is 23.0 Å². The van der Waals surface area contributed by atoms with Gasteiger partial charge in [0.2, 0.25) is 0 Å². The normalized spacial score (nSPS) is 15.5. The van der Waals surface area contributed by atoms with E-state index in [1.165, 1.54) is 12.1 Å². The molecule has 1 aliphatic heterocycles. The zero-order valence-electron chi connectivity index (χ0n) is 10.3. The fourth-order valence-corrected chi connectivity index (χ4v) is 2.02. The highest BCUT2D eigenvalue weighted by Gasteiger charge is 2.25. The molecule has 19 heavy (non-hydrogen) atoms. The number of anilines is 1. The van der Waals surface area contributed by atoms with E-state index in [4.69, 9.17) is 0 Å². The number of carbonyl (C=O) groups is 1. The number of benzene rings is 2. The van der Waals surface area contributed by atoms with Crippen molar-refractivity contribution in [1.29, 1.82) is 0 Å². The van der Waals surface area contributed by atoms with Gasteiger partial charge in [-0.1, -0.05) is 11.6 Å². The maximum absolute atomic E-state index is 12.8. The van der Waals surface area contributed by atoms with Crippen LogP contribution in [0, 0.1) is 12.7 Å². The Bertz CT molecular complexity index is 690. The van der Waals surface area contributed by atoms with Crippen molar-refractivity contribution in [3.8, 4) is 0 Å². The van der Waals surface area contributed by atoms with E-state index >= 15 is 0 Å². The van der Waals surface area contributed by atoms with Gasteiger partial charge in [-0.25, -0.2) is 9.38 Å². The van der Waals surface area contributed by atoms with E-state index < -0.39 is 0 Å². The van der Waals surface area contributed by atoms with Gasteiger partial charge >= 0.3 is 0 Å². The monoisotopic (exact) mass is 254 g/mol. The van der Waals surface area contributed by atoms with E-state index in [-0.39, 0.29) is 11.7 Å². The Morgan fingerprint density at radius 2 is 1.84 bits per heavy atom. The molecule has 0 fully saturated rings. The molecule has 0 radical (unpaired) electrons. The summed E-state index contributed by atoms with van der Waals surface area (Å²) in [6.07, 6.45) is 0. The third kappa shape index (κ3) is 2.12. The molecule has 94 valence electrons. The van der Waals surface area contributed by atoms with Crippen LogP contribution < -0.4 is 5.32 Å². The fourth-order valence-electron chi connectivity index (χ4n) is 2.02. The van der Waals surface area contributed by atoms with Gasteiger partial charge in [-0.05, 0) is 43.3 Å². The Hall–Kier alpha value is -2.49. The van der Waals surface area contributed by atoms with Crippen LogP contribution in [0.3, 0.4) is 0 Å². The second-order valence-electron chi connectivity index (χ2n) is 4.44. The van der Waals surface area contributed by atoms with E-state index in [0.29, 0.717) is 11.4 Å². The molecule has 0 atom stereocenters. The lowest BCUT2D eigenvalue weighted by molar-refractivity contribution is -0.110. The molecule has 1 heterocycles. The molecule has 1 aliphatic rings. The molecule has 0 saturated carbocycles. The van der Waals surface area contributed by atoms with E-state index in [9.17, 15) is 9.18 Å². The van der Waals surface area contributed by atoms with Crippen molar-refractivity contribution in [3.05, 3.63) is 59.4 Å². The standard InChI is InChI=1S/C15H11FN2O/c1-9-2-7-13-12(8-9)14(15(19)18-13)17-11-5-3-10(16)4-6-11/h2-8H,1H3,(H,17,18,19). The van der Waals surface area contributed by atoms with Gasteiger partial charge in [-0.2, -0.15) is 0 Å². The minimum atomic E-state index is -0.323. The second-order valence-corrected chi connectivity index (χ2v) is 4.44. The summed E-state index contributed by atoms with van der Waals surface area (Å²) in [5.41, 5.74) is 3.53. The minimum Gasteiger partial charge on any atom is -0.320 e. The molecule has 3 nitrogen and oxygen atoms in total. The molecule has 0 aliphatic carbocycles. The van der Waals surface area contributed by atoms with Crippen molar-refractivity contribution in [2.24, 2.45) is 4.99 Å². The summed E-state index contributed by atoms with van der Waals surface area (Å²) in [4.78, 5) is 16.2. The highest BCUT2D eigenvalue weighted by Crippen LogP contribution is 2.26. The van der Waals surface area contributed by atoms with Crippen LogP contribution in [0.5, 0.6) is 0 Å². The largest absolute Gasteiger partial charge is 0.320 e. The Balaban J connectivity index is 2.08. The average molecular weight is 254 g/mol. The Morgan fingerprint density at radius 3 is 2.58 bits per heavy atom. The first-order chi connectivity index (χ1) is 9.13. The van der Waals surface area contributed by atoms with Crippen LogP contribution in [-0.2, 0) is 4.79 Å². The Labute approximate surface area is 109 Å². The number of aryl methyl sites for hydroxylation is 1. The van der Waals surface area contributed by atoms with Crippen LogP contribution >= 0.6 is 0 Å². The molecule has 2 aromatic carbocycles. The lowest BCUT2D eigenvalue weighted by Crippen LogP contribution is -2.13. The predicted octanol–water partition coefficient (Wildman–Crippen LogP) is 3.21. The number of hydrogen-bond donors (Lipinski definition) is 1. The van der Waals surface area contributed by atoms with Gasteiger partial charge in [0.15, 0.2) is 0 Å². The molecule has 0 unspecified atom stereocenters. The zero-order chi connectivity index (χ0) is 13.4. The van der Waals surface area contributed by atoms with E-state index in [1.807, 2.05) is 25.1 Å². The van der Waals surface area contributed by atoms with Gasteiger partial charge in [-0.15, -0.1) is 0 Å². The first kappa shape index (κ1) is 11.6. The maximum atomic E-state index is 12.8. The van der Waals surface area contributed by atoms with Crippen molar-refractivity contribution in [2.75, 3.05) is 5.32 Å². The maximum Gasteiger partial charge on any atom is 0.275 e.